The Morgan fingerprint density at radius 1 is 1.23 bits per heavy atom. The smallest absolute Gasteiger partial charge is 0.252 e. The molecule has 1 aliphatic heterocycles. The number of hydrogen-bond acceptors (Lipinski definition) is 2. The van der Waals surface area contributed by atoms with Crippen LogP contribution in [0.5, 0.6) is 0 Å². The number of carbonyl (C=O) groups excluding carboxylic acids is 1. The molecule has 0 aromatic heterocycles. The normalized spacial score (nSPS) is 14.5. The van der Waals surface area contributed by atoms with E-state index in [2.05, 4.69) is 57.3 Å². The average Bonchev–Trinajstić information content (AvgIpc) is 2.97. The number of amides is 1. The SMILES string of the molecule is C[C@H](CNC(=O)c1ccccc1Br)N1CCc2ccccc21. The standard InChI is InChI=1S/C18H19BrN2O/c1-13(21-11-10-14-6-2-5-9-17(14)21)12-20-18(22)15-7-3-4-8-16(15)19/h2-9,13H,10-12H2,1H3,(H,20,22)/t13-/m1/s1. The van der Waals surface area contributed by atoms with E-state index in [1.165, 1.54) is 11.3 Å². The molecule has 2 aromatic rings. The van der Waals surface area contributed by atoms with E-state index in [1.54, 1.807) is 0 Å². The number of fused-ring (bicyclic) bond motifs is 1. The molecule has 1 N–H and O–H groups in total. The Morgan fingerprint density at radius 3 is 2.77 bits per heavy atom. The van der Waals surface area contributed by atoms with Crippen molar-refractivity contribution in [2.75, 3.05) is 18.0 Å². The molecule has 2 aromatic carbocycles. The van der Waals surface area contributed by atoms with Gasteiger partial charge in [-0.05, 0) is 53.0 Å². The Hall–Kier alpha value is -1.81. The van der Waals surface area contributed by atoms with Crippen LogP contribution in [0.1, 0.15) is 22.8 Å². The second-order valence-corrected chi connectivity index (χ2v) is 6.47. The molecule has 22 heavy (non-hydrogen) atoms. The first-order valence-corrected chi connectivity index (χ1v) is 8.33. The maximum Gasteiger partial charge on any atom is 0.252 e. The summed E-state index contributed by atoms with van der Waals surface area (Å²) < 4.78 is 0.826. The van der Waals surface area contributed by atoms with Crippen LogP contribution < -0.4 is 10.2 Å². The summed E-state index contributed by atoms with van der Waals surface area (Å²) in [6.07, 6.45) is 1.08. The predicted octanol–water partition coefficient (Wildman–Crippen LogP) is 3.63. The van der Waals surface area contributed by atoms with E-state index in [9.17, 15) is 4.79 Å². The minimum Gasteiger partial charge on any atom is -0.366 e. The van der Waals surface area contributed by atoms with Gasteiger partial charge in [0.05, 0.1) is 5.56 Å². The van der Waals surface area contributed by atoms with E-state index in [-0.39, 0.29) is 11.9 Å². The highest BCUT2D eigenvalue weighted by atomic mass is 79.9. The van der Waals surface area contributed by atoms with Crippen LogP contribution in [0.4, 0.5) is 5.69 Å². The number of benzene rings is 2. The quantitative estimate of drug-likeness (QED) is 0.904. The highest BCUT2D eigenvalue weighted by molar-refractivity contribution is 9.10. The van der Waals surface area contributed by atoms with Crippen LogP contribution in [-0.2, 0) is 6.42 Å². The van der Waals surface area contributed by atoms with E-state index in [0.717, 1.165) is 17.4 Å². The molecule has 1 atom stereocenters. The van der Waals surface area contributed by atoms with Gasteiger partial charge in [-0.1, -0.05) is 30.3 Å². The Bertz CT molecular complexity index is 686. The summed E-state index contributed by atoms with van der Waals surface area (Å²) >= 11 is 3.42. The van der Waals surface area contributed by atoms with Crippen molar-refractivity contribution in [2.45, 2.75) is 19.4 Å². The van der Waals surface area contributed by atoms with Crippen molar-refractivity contribution in [3.05, 3.63) is 64.1 Å². The van der Waals surface area contributed by atoms with Crippen LogP contribution in [-0.4, -0.2) is 25.0 Å². The number of para-hydroxylation sites is 1. The zero-order valence-electron chi connectivity index (χ0n) is 12.6. The largest absolute Gasteiger partial charge is 0.366 e. The van der Waals surface area contributed by atoms with Crippen LogP contribution in [0.15, 0.2) is 53.0 Å². The molecule has 3 nitrogen and oxygen atoms in total. The van der Waals surface area contributed by atoms with E-state index in [0.29, 0.717) is 12.1 Å². The van der Waals surface area contributed by atoms with Gasteiger partial charge in [-0.3, -0.25) is 4.79 Å². The molecular weight excluding hydrogens is 340 g/mol. The van der Waals surface area contributed by atoms with Crippen molar-refractivity contribution in [1.82, 2.24) is 5.32 Å². The predicted molar refractivity (Wildman–Crippen MR) is 93.4 cm³/mol. The Morgan fingerprint density at radius 2 is 1.95 bits per heavy atom. The van der Waals surface area contributed by atoms with Crippen molar-refractivity contribution in [3.63, 3.8) is 0 Å². The van der Waals surface area contributed by atoms with Gasteiger partial charge in [0.25, 0.3) is 5.91 Å². The molecule has 0 fully saturated rings. The third-order valence-electron chi connectivity index (χ3n) is 4.13. The van der Waals surface area contributed by atoms with Gasteiger partial charge >= 0.3 is 0 Å². The Balaban J connectivity index is 1.63. The van der Waals surface area contributed by atoms with E-state index < -0.39 is 0 Å². The van der Waals surface area contributed by atoms with Gasteiger partial charge in [0, 0.05) is 29.3 Å². The van der Waals surface area contributed by atoms with Crippen molar-refractivity contribution in [1.29, 1.82) is 0 Å². The first-order chi connectivity index (χ1) is 10.7. The number of hydrogen-bond donors (Lipinski definition) is 1. The summed E-state index contributed by atoms with van der Waals surface area (Å²) in [6.45, 7) is 3.81. The summed E-state index contributed by atoms with van der Waals surface area (Å²) in [6, 6.07) is 16.3. The lowest BCUT2D eigenvalue weighted by molar-refractivity contribution is 0.0950. The highest BCUT2D eigenvalue weighted by Crippen LogP contribution is 2.28. The number of halogens is 1. The first-order valence-electron chi connectivity index (χ1n) is 7.54. The van der Waals surface area contributed by atoms with Gasteiger partial charge in [-0.2, -0.15) is 0 Å². The van der Waals surface area contributed by atoms with Gasteiger partial charge in [-0.25, -0.2) is 0 Å². The third-order valence-corrected chi connectivity index (χ3v) is 4.82. The fourth-order valence-corrected chi connectivity index (χ4v) is 3.38. The summed E-state index contributed by atoms with van der Waals surface area (Å²) in [5.74, 6) is -0.0354. The second-order valence-electron chi connectivity index (χ2n) is 5.61. The maximum atomic E-state index is 12.3. The molecule has 1 aliphatic rings. The molecular formula is C18H19BrN2O. The van der Waals surface area contributed by atoms with Crippen molar-refractivity contribution in [3.8, 4) is 0 Å². The summed E-state index contributed by atoms with van der Waals surface area (Å²) in [4.78, 5) is 14.6. The van der Waals surface area contributed by atoms with Crippen molar-refractivity contribution in [2.24, 2.45) is 0 Å². The monoisotopic (exact) mass is 358 g/mol. The molecule has 0 spiro atoms. The molecule has 1 heterocycles. The van der Waals surface area contributed by atoms with E-state index in [4.69, 9.17) is 0 Å². The zero-order chi connectivity index (χ0) is 15.5. The zero-order valence-corrected chi connectivity index (χ0v) is 14.1. The molecule has 0 saturated carbocycles. The van der Waals surface area contributed by atoms with Gasteiger partial charge in [-0.15, -0.1) is 0 Å². The number of nitrogens with one attached hydrogen (secondary N) is 1. The third kappa shape index (κ3) is 3.02. The molecule has 0 radical (unpaired) electrons. The minimum absolute atomic E-state index is 0.0354. The van der Waals surface area contributed by atoms with Crippen LogP contribution in [0.3, 0.4) is 0 Å². The Labute approximate surface area is 139 Å². The lowest BCUT2D eigenvalue weighted by atomic mass is 10.1. The first kappa shape index (κ1) is 15.1. The number of carbonyl (C=O) groups is 1. The second kappa shape index (κ2) is 6.53. The van der Waals surface area contributed by atoms with Gasteiger partial charge in [0.15, 0.2) is 0 Å². The van der Waals surface area contributed by atoms with Crippen LogP contribution in [0, 0.1) is 0 Å². The van der Waals surface area contributed by atoms with E-state index >= 15 is 0 Å². The molecule has 0 unspecified atom stereocenters. The summed E-state index contributed by atoms with van der Waals surface area (Å²) in [5.41, 5.74) is 3.37. The number of anilines is 1. The van der Waals surface area contributed by atoms with Crippen LogP contribution >= 0.6 is 15.9 Å². The molecule has 0 saturated heterocycles. The highest BCUT2D eigenvalue weighted by Gasteiger charge is 2.23. The fraction of sp³-hybridized carbons (Fsp3) is 0.278. The Kier molecular flexibility index (Phi) is 4.48. The van der Waals surface area contributed by atoms with Crippen LogP contribution in [0.25, 0.3) is 0 Å². The van der Waals surface area contributed by atoms with Crippen molar-refractivity contribution >= 4 is 27.5 Å². The number of nitrogens with zero attached hydrogens (tertiary/aromatic N) is 1. The van der Waals surface area contributed by atoms with Gasteiger partial charge in [0.2, 0.25) is 0 Å². The molecule has 0 bridgehead atoms. The summed E-state index contributed by atoms with van der Waals surface area (Å²) in [7, 11) is 0. The summed E-state index contributed by atoms with van der Waals surface area (Å²) in [5, 5.41) is 3.04. The van der Waals surface area contributed by atoms with Crippen molar-refractivity contribution < 1.29 is 4.79 Å². The molecule has 1 amide bonds. The molecule has 3 rings (SSSR count). The number of rotatable bonds is 4. The maximum absolute atomic E-state index is 12.3. The van der Waals surface area contributed by atoms with Gasteiger partial charge in [0.1, 0.15) is 0 Å². The average molecular weight is 359 g/mol. The van der Waals surface area contributed by atoms with E-state index in [1.807, 2.05) is 24.3 Å². The molecule has 114 valence electrons. The molecule has 4 heteroatoms. The minimum atomic E-state index is -0.0354. The van der Waals surface area contributed by atoms with Gasteiger partial charge < -0.3 is 10.2 Å². The lowest BCUT2D eigenvalue weighted by Gasteiger charge is -2.27. The molecule has 0 aliphatic carbocycles. The topological polar surface area (TPSA) is 32.3 Å². The lowest BCUT2D eigenvalue weighted by Crippen LogP contribution is -2.41. The fourth-order valence-electron chi connectivity index (χ4n) is 2.91. The van der Waals surface area contributed by atoms with Crippen LogP contribution in [0.2, 0.25) is 0 Å².